The second-order valence-corrected chi connectivity index (χ2v) is 6.02. The molecule has 0 spiro atoms. The Hall–Kier alpha value is -2.21. The van der Waals surface area contributed by atoms with Gasteiger partial charge in [-0.2, -0.15) is 0 Å². The van der Waals surface area contributed by atoms with E-state index in [0.717, 1.165) is 21.9 Å². The van der Waals surface area contributed by atoms with Gasteiger partial charge >= 0.3 is 6.03 Å². The average molecular weight is 318 g/mol. The van der Waals surface area contributed by atoms with Crippen LogP contribution in [0.15, 0.2) is 35.7 Å². The highest BCUT2D eigenvalue weighted by Crippen LogP contribution is 2.30. The molecule has 22 heavy (non-hydrogen) atoms. The number of rotatable bonds is 4. The van der Waals surface area contributed by atoms with Crippen LogP contribution in [0.4, 0.5) is 4.79 Å². The summed E-state index contributed by atoms with van der Waals surface area (Å²) >= 11 is 1.63. The zero-order valence-corrected chi connectivity index (χ0v) is 13.1. The van der Waals surface area contributed by atoms with Gasteiger partial charge in [0.15, 0.2) is 11.5 Å². The molecule has 0 aliphatic carbocycles. The molecule has 0 bridgehead atoms. The van der Waals surface area contributed by atoms with Crippen molar-refractivity contribution < 1.29 is 14.3 Å². The van der Waals surface area contributed by atoms with E-state index in [1.165, 1.54) is 0 Å². The van der Waals surface area contributed by atoms with Crippen LogP contribution in [-0.2, 0) is 6.54 Å². The molecule has 2 amide bonds. The fourth-order valence-corrected chi connectivity index (χ4v) is 2.97. The van der Waals surface area contributed by atoms with Crippen LogP contribution in [0.5, 0.6) is 11.5 Å². The van der Waals surface area contributed by atoms with Gasteiger partial charge in [0.1, 0.15) is 13.2 Å². The zero-order valence-electron chi connectivity index (χ0n) is 12.3. The van der Waals surface area contributed by atoms with Crippen molar-refractivity contribution in [3.8, 4) is 11.5 Å². The summed E-state index contributed by atoms with van der Waals surface area (Å²) in [5.41, 5.74) is 0.975. The Bertz CT molecular complexity index is 643. The first-order chi connectivity index (χ1) is 10.7. The number of carbonyl (C=O) groups excluding carboxylic acids is 1. The van der Waals surface area contributed by atoms with E-state index in [0.29, 0.717) is 19.8 Å². The lowest BCUT2D eigenvalue weighted by atomic mass is 10.2. The number of fused-ring (bicyclic) bond motifs is 1. The normalized spacial score (nSPS) is 14.2. The topological polar surface area (TPSA) is 59.6 Å². The third-order valence-corrected chi connectivity index (χ3v) is 4.43. The highest BCUT2D eigenvalue weighted by Gasteiger charge is 2.13. The van der Waals surface area contributed by atoms with Crippen LogP contribution in [0.1, 0.15) is 23.4 Å². The minimum atomic E-state index is -0.184. The Labute approximate surface area is 133 Å². The summed E-state index contributed by atoms with van der Waals surface area (Å²) < 4.78 is 11.0. The van der Waals surface area contributed by atoms with Crippen LogP contribution < -0.4 is 20.1 Å². The van der Waals surface area contributed by atoms with E-state index in [1.54, 1.807) is 11.3 Å². The Morgan fingerprint density at radius 3 is 2.86 bits per heavy atom. The lowest BCUT2D eigenvalue weighted by Gasteiger charge is -2.19. The SMILES string of the molecule is C[C@H](NC(=O)NCc1ccc2c(c1)OCCO2)c1cccs1. The quantitative estimate of drug-likeness (QED) is 0.911. The highest BCUT2D eigenvalue weighted by atomic mass is 32.1. The second-order valence-electron chi connectivity index (χ2n) is 5.04. The second kappa shape index (κ2) is 6.70. The molecule has 0 fully saturated rings. The highest BCUT2D eigenvalue weighted by molar-refractivity contribution is 7.10. The summed E-state index contributed by atoms with van der Waals surface area (Å²) in [5, 5.41) is 7.78. The minimum Gasteiger partial charge on any atom is -0.486 e. The van der Waals surface area contributed by atoms with Gasteiger partial charge in [-0.1, -0.05) is 12.1 Å². The van der Waals surface area contributed by atoms with Crippen molar-refractivity contribution in [3.05, 3.63) is 46.2 Å². The van der Waals surface area contributed by atoms with Gasteiger partial charge in [-0.05, 0) is 36.1 Å². The van der Waals surface area contributed by atoms with Gasteiger partial charge in [-0.3, -0.25) is 0 Å². The summed E-state index contributed by atoms with van der Waals surface area (Å²) in [5.74, 6) is 1.49. The average Bonchev–Trinajstić information content (AvgIpc) is 3.07. The van der Waals surface area contributed by atoms with Gasteiger partial charge in [-0.25, -0.2) is 4.79 Å². The van der Waals surface area contributed by atoms with Gasteiger partial charge in [-0.15, -0.1) is 11.3 Å². The molecule has 3 rings (SSSR count). The van der Waals surface area contributed by atoms with Crippen molar-refractivity contribution in [3.63, 3.8) is 0 Å². The largest absolute Gasteiger partial charge is 0.486 e. The number of carbonyl (C=O) groups is 1. The van der Waals surface area contributed by atoms with E-state index >= 15 is 0 Å². The van der Waals surface area contributed by atoms with Crippen LogP contribution in [0, 0.1) is 0 Å². The van der Waals surface area contributed by atoms with E-state index in [-0.39, 0.29) is 12.1 Å². The maximum atomic E-state index is 11.9. The standard InChI is InChI=1S/C16H18N2O3S/c1-11(15-3-2-8-22-15)18-16(19)17-10-12-4-5-13-14(9-12)21-7-6-20-13/h2-5,8-9,11H,6-7,10H2,1H3,(H2,17,18,19)/t11-/m0/s1. The van der Waals surface area contributed by atoms with E-state index in [4.69, 9.17) is 9.47 Å². The van der Waals surface area contributed by atoms with Crippen molar-refractivity contribution in [2.24, 2.45) is 0 Å². The maximum absolute atomic E-state index is 11.9. The van der Waals surface area contributed by atoms with E-state index in [1.807, 2.05) is 42.6 Å². The maximum Gasteiger partial charge on any atom is 0.315 e. The molecule has 1 aromatic heterocycles. The summed E-state index contributed by atoms with van der Waals surface area (Å²) in [4.78, 5) is 13.1. The molecule has 6 heteroatoms. The number of hydrogen-bond acceptors (Lipinski definition) is 4. The Balaban J connectivity index is 1.52. The van der Waals surface area contributed by atoms with Crippen LogP contribution in [0.25, 0.3) is 0 Å². The number of benzene rings is 1. The molecule has 116 valence electrons. The smallest absolute Gasteiger partial charge is 0.315 e. The Morgan fingerprint density at radius 1 is 1.27 bits per heavy atom. The van der Waals surface area contributed by atoms with Crippen LogP contribution in [0.2, 0.25) is 0 Å². The Morgan fingerprint density at radius 2 is 2.09 bits per heavy atom. The van der Waals surface area contributed by atoms with Crippen molar-refractivity contribution in [1.29, 1.82) is 0 Å². The first-order valence-corrected chi connectivity index (χ1v) is 8.06. The van der Waals surface area contributed by atoms with Gasteiger partial charge in [0.2, 0.25) is 0 Å². The third-order valence-electron chi connectivity index (χ3n) is 3.38. The Kier molecular flexibility index (Phi) is 4.48. The number of amides is 2. The molecule has 1 atom stereocenters. The molecular formula is C16H18N2O3S. The number of ether oxygens (including phenoxy) is 2. The lowest BCUT2D eigenvalue weighted by molar-refractivity contribution is 0.171. The zero-order chi connectivity index (χ0) is 15.4. The van der Waals surface area contributed by atoms with Crippen LogP contribution >= 0.6 is 11.3 Å². The fraction of sp³-hybridized carbons (Fsp3) is 0.312. The molecule has 5 nitrogen and oxygen atoms in total. The molecule has 2 N–H and O–H groups in total. The predicted molar refractivity (Wildman–Crippen MR) is 85.5 cm³/mol. The van der Waals surface area contributed by atoms with Crippen molar-refractivity contribution >= 4 is 17.4 Å². The summed E-state index contributed by atoms with van der Waals surface area (Å²) in [6.07, 6.45) is 0. The van der Waals surface area contributed by atoms with Gasteiger partial charge in [0.05, 0.1) is 6.04 Å². The summed E-state index contributed by atoms with van der Waals surface area (Å²) in [6, 6.07) is 9.50. The van der Waals surface area contributed by atoms with Crippen LogP contribution in [0.3, 0.4) is 0 Å². The van der Waals surface area contributed by atoms with Crippen molar-refractivity contribution in [2.75, 3.05) is 13.2 Å². The molecule has 0 radical (unpaired) electrons. The van der Waals surface area contributed by atoms with Crippen molar-refractivity contribution in [1.82, 2.24) is 10.6 Å². The molecule has 1 aliphatic rings. The third kappa shape index (κ3) is 3.51. The van der Waals surface area contributed by atoms with Gasteiger partial charge in [0.25, 0.3) is 0 Å². The molecule has 1 aliphatic heterocycles. The van der Waals surface area contributed by atoms with Crippen LogP contribution in [-0.4, -0.2) is 19.2 Å². The van der Waals surface area contributed by atoms with E-state index in [9.17, 15) is 4.79 Å². The molecular weight excluding hydrogens is 300 g/mol. The van der Waals surface area contributed by atoms with Gasteiger partial charge in [0, 0.05) is 11.4 Å². The first kappa shape index (κ1) is 14.7. The number of thiophene rings is 1. The molecule has 0 saturated carbocycles. The van der Waals surface area contributed by atoms with Crippen molar-refractivity contribution in [2.45, 2.75) is 19.5 Å². The monoisotopic (exact) mass is 318 g/mol. The van der Waals surface area contributed by atoms with Gasteiger partial charge < -0.3 is 20.1 Å². The molecule has 1 aromatic carbocycles. The molecule has 2 aromatic rings. The lowest BCUT2D eigenvalue weighted by Crippen LogP contribution is -2.36. The first-order valence-electron chi connectivity index (χ1n) is 7.18. The molecule has 2 heterocycles. The number of hydrogen-bond donors (Lipinski definition) is 2. The fourth-order valence-electron chi connectivity index (χ4n) is 2.24. The minimum absolute atomic E-state index is 0.000247. The molecule has 0 unspecified atom stereocenters. The molecule has 0 saturated heterocycles. The van der Waals surface area contributed by atoms with E-state index in [2.05, 4.69) is 10.6 Å². The summed E-state index contributed by atoms with van der Waals surface area (Å²) in [7, 11) is 0. The number of nitrogens with one attached hydrogen (secondary N) is 2. The van der Waals surface area contributed by atoms with E-state index < -0.39 is 0 Å². The summed E-state index contributed by atoms with van der Waals surface area (Å²) in [6.45, 7) is 3.55. The number of urea groups is 1. The predicted octanol–water partition coefficient (Wildman–Crippen LogP) is 3.08.